The highest BCUT2D eigenvalue weighted by Gasteiger charge is 2.23. The van der Waals surface area contributed by atoms with Gasteiger partial charge in [0.25, 0.3) is 0 Å². The minimum Gasteiger partial charge on any atom is -0.497 e. The number of ether oxygens (including phenoxy) is 1. The zero-order valence-electron chi connectivity index (χ0n) is 15.5. The molecule has 26 heavy (non-hydrogen) atoms. The summed E-state index contributed by atoms with van der Waals surface area (Å²) in [7, 11) is 1.74. The zero-order valence-corrected chi connectivity index (χ0v) is 15.5. The van der Waals surface area contributed by atoms with Crippen LogP contribution < -0.4 is 14.5 Å². The van der Waals surface area contributed by atoms with Gasteiger partial charge in [0.15, 0.2) is 0 Å². The van der Waals surface area contributed by atoms with Crippen molar-refractivity contribution < 1.29 is 14.5 Å². The minimum atomic E-state index is 0.960. The van der Waals surface area contributed by atoms with Crippen molar-refractivity contribution in [3.8, 4) is 5.75 Å². The molecule has 0 atom stereocenters. The third-order valence-corrected chi connectivity index (χ3v) is 5.57. The molecule has 0 unspecified atom stereocenters. The van der Waals surface area contributed by atoms with Gasteiger partial charge in [-0.3, -0.25) is 0 Å². The second kappa shape index (κ2) is 7.90. The van der Waals surface area contributed by atoms with E-state index < -0.39 is 0 Å². The van der Waals surface area contributed by atoms with E-state index in [0.29, 0.717) is 0 Å². The van der Waals surface area contributed by atoms with Crippen molar-refractivity contribution in [3.05, 3.63) is 77.9 Å². The second-order valence-electron chi connectivity index (χ2n) is 7.34. The van der Waals surface area contributed by atoms with E-state index in [4.69, 9.17) is 4.74 Å². The Morgan fingerprint density at radius 3 is 2.27 bits per heavy atom. The van der Waals surface area contributed by atoms with Gasteiger partial charge in [0.1, 0.15) is 45.0 Å². The molecule has 1 saturated heterocycles. The Labute approximate surface area is 155 Å². The van der Waals surface area contributed by atoms with Crippen molar-refractivity contribution in [1.29, 1.82) is 0 Å². The van der Waals surface area contributed by atoms with Gasteiger partial charge in [0.2, 0.25) is 0 Å². The summed E-state index contributed by atoms with van der Waals surface area (Å²) in [6.45, 7) is 7.17. The molecule has 1 aliphatic heterocycles. The van der Waals surface area contributed by atoms with Gasteiger partial charge in [-0.05, 0) is 22.9 Å². The predicted octanol–water partition coefficient (Wildman–Crippen LogP) is 1.33. The molecule has 2 N–H and O–H groups in total. The van der Waals surface area contributed by atoms with Gasteiger partial charge >= 0.3 is 0 Å². The number of quaternary nitrogens is 2. The van der Waals surface area contributed by atoms with E-state index in [0.717, 1.165) is 18.8 Å². The monoisotopic (exact) mass is 348 g/mol. The highest BCUT2D eigenvalue weighted by atomic mass is 16.5. The van der Waals surface area contributed by atoms with Crippen molar-refractivity contribution in [1.82, 2.24) is 0 Å². The van der Waals surface area contributed by atoms with E-state index in [-0.39, 0.29) is 0 Å². The molecule has 1 heterocycles. The fourth-order valence-corrected chi connectivity index (χ4v) is 4.10. The van der Waals surface area contributed by atoms with Crippen LogP contribution in [0.1, 0.15) is 11.1 Å². The molecule has 0 amide bonds. The van der Waals surface area contributed by atoms with Gasteiger partial charge in [-0.25, -0.2) is 0 Å². The maximum atomic E-state index is 5.35. The van der Waals surface area contributed by atoms with Gasteiger partial charge in [-0.2, -0.15) is 0 Å². The number of fused-ring (bicyclic) bond motifs is 1. The molecule has 0 saturated carbocycles. The van der Waals surface area contributed by atoms with Crippen LogP contribution >= 0.6 is 0 Å². The summed E-state index contributed by atoms with van der Waals surface area (Å²) in [5.41, 5.74) is 2.85. The summed E-state index contributed by atoms with van der Waals surface area (Å²) in [6, 6.07) is 23.9. The Kier molecular flexibility index (Phi) is 5.19. The molecule has 0 bridgehead atoms. The first kappa shape index (κ1) is 17.1. The molecule has 0 spiro atoms. The van der Waals surface area contributed by atoms with Crippen LogP contribution in [0, 0.1) is 0 Å². The molecule has 3 heteroatoms. The first-order valence-corrected chi connectivity index (χ1v) is 9.58. The standard InChI is InChI=1S/C23H26N2O/c1-26-22-10-4-6-19(16-22)17-24-12-14-25(15-13-24)18-21-9-5-8-20-7-2-3-11-23(20)21/h2-11,16H,12-15,17-18H2,1H3/p+2. The molecule has 3 aromatic carbocycles. The lowest BCUT2D eigenvalue weighted by molar-refractivity contribution is -1.02. The van der Waals surface area contributed by atoms with Crippen LogP contribution in [0.15, 0.2) is 66.7 Å². The molecule has 3 nitrogen and oxygen atoms in total. The number of nitrogens with one attached hydrogen (secondary N) is 2. The number of rotatable bonds is 5. The number of hydrogen-bond donors (Lipinski definition) is 2. The third kappa shape index (κ3) is 3.90. The zero-order chi connectivity index (χ0) is 17.8. The van der Waals surface area contributed by atoms with E-state index >= 15 is 0 Å². The minimum absolute atomic E-state index is 0.960. The van der Waals surface area contributed by atoms with Gasteiger partial charge in [-0.15, -0.1) is 0 Å². The van der Waals surface area contributed by atoms with Gasteiger partial charge < -0.3 is 14.5 Å². The normalized spacial score (nSPS) is 20.2. The first-order valence-electron chi connectivity index (χ1n) is 9.58. The Morgan fingerprint density at radius 1 is 0.769 bits per heavy atom. The van der Waals surface area contributed by atoms with Crippen molar-refractivity contribution in [2.45, 2.75) is 13.1 Å². The molecule has 1 aliphatic rings. The van der Waals surface area contributed by atoms with E-state index in [1.54, 1.807) is 16.9 Å². The number of piperazine rings is 1. The van der Waals surface area contributed by atoms with Crippen LogP contribution in [0.3, 0.4) is 0 Å². The van der Waals surface area contributed by atoms with Crippen molar-refractivity contribution in [2.24, 2.45) is 0 Å². The lowest BCUT2D eigenvalue weighted by Gasteiger charge is -2.30. The van der Waals surface area contributed by atoms with Crippen molar-refractivity contribution in [2.75, 3.05) is 33.3 Å². The molecule has 0 aromatic heterocycles. The van der Waals surface area contributed by atoms with E-state index in [9.17, 15) is 0 Å². The summed E-state index contributed by atoms with van der Waals surface area (Å²) in [6.07, 6.45) is 0. The maximum Gasteiger partial charge on any atom is 0.127 e. The molecule has 0 radical (unpaired) electrons. The lowest BCUT2D eigenvalue weighted by atomic mass is 10.0. The Bertz CT molecular complexity index is 863. The molecule has 134 valence electrons. The third-order valence-electron chi connectivity index (χ3n) is 5.57. The fraction of sp³-hybridized carbons (Fsp3) is 0.304. The Morgan fingerprint density at radius 2 is 1.46 bits per heavy atom. The molecule has 4 rings (SSSR count). The summed E-state index contributed by atoms with van der Waals surface area (Å²) in [5, 5.41) is 2.76. The number of methoxy groups -OCH3 is 1. The van der Waals surface area contributed by atoms with Gasteiger partial charge in [0.05, 0.1) is 7.11 Å². The van der Waals surface area contributed by atoms with Gasteiger partial charge in [-0.1, -0.05) is 54.6 Å². The van der Waals surface area contributed by atoms with Crippen LogP contribution in [0.5, 0.6) is 5.75 Å². The Hall–Kier alpha value is -2.36. The quantitative estimate of drug-likeness (QED) is 0.712. The molecule has 3 aromatic rings. The second-order valence-corrected chi connectivity index (χ2v) is 7.34. The van der Waals surface area contributed by atoms with E-state index in [2.05, 4.69) is 60.7 Å². The average Bonchev–Trinajstić information content (AvgIpc) is 2.70. The summed E-state index contributed by atoms with van der Waals surface area (Å²) >= 11 is 0. The first-order chi connectivity index (χ1) is 12.8. The summed E-state index contributed by atoms with van der Waals surface area (Å²) in [4.78, 5) is 3.38. The Balaban J connectivity index is 1.36. The topological polar surface area (TPSA) is 18.1 Å². The van der Waals surface area contributed by atoms with Crippen LogP contribution in [0.25, 0.3) is 10.8 Å². The number of hydrogen-bond acceptors (Lipinski definition) is 1. The molecular formula is C23H28N2O+2. The molecule has 0 aliphatic carbocycles. The van der Waals surface area contributed by atoms with Crippen molar-refractivity contribution in [3.63, 3.8) is 0 Å². The van der Waals surface area contributed by atoms with Crippen LogP contribution in [0.4, 0.5) is 0 Å². The maximum absolute atomic E-state index is 5.35. The van der Waals surface area contributed by atoms with Gasteiger partial charge in [0, 0.05) is 11.1 Å². The van der Waals surface area contributed by atoms with Crippen molar-refractivity contribution >= 4 is 10.8 Å². The summed E-state index contributed by atoms with van der Waals surface area (Å²) < 4.78 is 5.35. The largest absolute Gasteiger partial charge is 0.497 e. The molecule has 1 fully saturated rings. The highest BCUT2D eigenvalue weighted by Crippen LogP contribution is 2.17. The average molecular weight is 348 g/mol. The van der Waals surface area contributed by atoms with Crippen LogP contribution in [-0.2, 0) is 13.1 Å². The van der Waals surface area contributed by atoms with Crippen LogP contribution in [-0.4, -0.2) is 33.3 Å². The highest BCUT2D eigenvalue weighted by molar-refractivity contribution is 5.85. The predicted molar refractivity (Wildman–Crippen MR) is 106 cm³/mol. The SMILES string of the molecule is COc1cccc(C[NH+]2CC[NH+](Cc3cccc4ccccc34)CC2)c1. The fourth-order valence-electron chi connectivity index (χ4n) is 4.10. The lowest BCUT2D eigenvalue weighted by Crippen LogP contribution is -3.27. The number of benzene rings is 3. The summed E-state index contributed by atoms with van der Waals surface area (Å²) in [5.74, 6) is 0.960. The molecular weight excluding hydrogens is 320 g/mol. The van der Waals surface area contributed by atoms with E-state index in [1.807, 2.05) is 6.07 Å². The van der Waals surface area contributed by atoms with E-state index in [1.165, 1.54) is 48.1 Å². The smallest absolute Gasteiger partial charge is 0.127 e. The van der Waals surface area contributed by atoms with Crippen LogP contribution in [0.2, 0.25) is 0 Å².